The van der Waals surface area contributed by atoms with Gasteiger partial charge in [0, 0.05) is 32.2 Å². The van der Waals surface area contributed by atoms with Crippen LogP contribution >= 0.6 is 0 Å². The zero-order valence-electron chi connectivity index (χ0n) is 10.5. The van der Waals surface area contributed by atoms with Gasteiger partial charge in [0.15, 0.2) is 0 Å². The standard InChI is InChI=1S/C10H19BF3N2.K/c12-11(13,14)9-15-5-7-16(8-6-15)10-3-1-2-4-10;/h10H,1-9H2;/q-1;+1. The third kappa shape index (κ3) is 5.50. The minimum atomic E-state index is -4.65. The second kappa shape index (κ2) is 7.26. The van der Waals surface area contributed by atoms with Crippen LogP contribution in [0.25, 0.3) is 0 Å². The van der Waals surface area contributed by atoms with Crippen molar-refractivity contribution >= 4 is 6.98 Å². The first kappa shape index (κ1) is 16.5. The molecule has 0 aromatic carbocycles. The van der Waals surface area contributed by atoms with Gasteiger partial charge in [-0.3, -0.25) is 4.90 Å². The molecule has 0 atom stereocenters. The van der Waals surface area contributed by atoms with Gasteiger partial charge in [-0.1, -0.05) is 12.8 Å². The average molecular weight is 274 g/mol. The van der Waals surface area contributed by atoms with Crippen molar-refractivity contribution in [2.75, 3.05) is 32.6 Å². The van der Waals surface area contributed by atoms with Crippen LogP contribution < -0.4 is 51.4 Å². The van der Waals surface area contributed by atoms with Gasteiger partial charge in [-0.05, 0) is 19.3 Å². The van der Waals surface area contributed by atoms with E-state index >= 15 is 0 Å². The molecule has 0 radical (unpaired) electrons. The zero-order chi connectivity index (χ0) is 11.6. The number of hydrogen-bond acceptors (Lipinski definition) is 2. The molecule has 0 amide bonds. The summed E-state index contributed by atoms with van der Waals surface area (Å²) < 4.78 is 36.7. The number of halogens is 3. The first-order chi connectivity index (χ1) is 7.54. The summed E-state index contributed by atoms with van der Waals surface area (Å²) in [6, 6.07) is 0.651. The molecule has 0 unspecified atom stereocenters. The van der Waals surface area contributed by atoms with Crippen molar-refractivity contribution in [2.24, 2.45) is 0 Å². The van der Waals surface area contributed by atoms with E-state index in [4.69, 9.17) is 0 Å². The molecule has 2 fully saturated rings. The Bertz CT molecular complexity index is 226. The van der Waals surface area contributed by atoms with Crippen molar-refractivity contribution in [1.29, 1.82) is 0 Å². The van der Waals surface area contributed by atoms with Crippen LogP contribution in [0.15, 0.2) is 0 Å². The summed E-state index contributed by atoms with van der Waals surface area (Å²) in [6.07, 6.45) is 4.37. The Morgan fingerprint density at radius 1 is 0.941 bits per heavy atom. The van der Waals surface area contributed by atoms with Gasteiger partial charge < -0.3 is 17.8 Å². The quantitative estimate of drug-likeness (QED) is 0.605. The van der Waals surface area contributed by atoms with Crippen LogP contribution in [-0.2, 0) is 0 Å². The molecule has 7 heteroatoms. The maximum atomic E-state index is 12.2. The second-order valence-corrected chi connectivity index (χ2v) is 4.99. The Balaban J connectivity index is 0.00000144. The van der Waals surface area contributed by atoms with Gasteiger partial charge in [0.05, 0.1) is 0 Å². The van der Waals surface area contributed by atoms with Gasteiger partial charge in [-0.15, -0.1) is 0 Å². The van der Waals surface area contributed by atoms with E-state index in [2.05, 4.69) is 4.90 Å². The summed E-state index contributed by atoms with van der Waals surface area (Å²) in [7, 11) is 0. The molecule has 17 heavy (non-hydrogen) atoms. The largest absolute Gasteiger partial charge is 1.00 e. The minimum absolute atomic E-state index is 0. The Kier molecular flexibility index (Phi) is 7.03. The Labute approximate surface area is 144 Å². The maximum Gasteiger partial charge on any atom is 1.00 e. The van der Waals surface area contributed by atoms with Crippen molar-refractivity contribution in [3.05, 3.63) is 0 Å². The summed E-state index contributed by atoms with van der Waals surface area (Å²) >= 11 is 0. The van der Waals surface area contributed by atoms with E-state index in [1.165, 1.54) is 25.7 Å². The smallest absolute Gasteiger partial charge is 0.448 e. The summed E-state index contributed by atoms with van der Waals surface area (Å²) in [6.45, 7) is -1.86. The van der Waals surface area contributed by atoms with Crippen LogP contribution in [0.2, 0.25) is 0 Å². The van der Waals surface area contributed by atoms with Crippen LogP contribution in [0.3, 0.4) is 0 Å². The van der Waals surface area contributed by atoms with Gasteiger partial charge in [0.2, 0.25) is 0 Å². The van der Waals surface area contributed by atoms with E-state index in [1.807, 2.05) is 0 Å². The first-order valence-corrected chi connectivity index (χ1v) is 6.22. The van der Waals surface area contributed by atoms with Crippen molar-refractivity contribution in [2.45, 2.75) is 31.7 Å². The number of rotatable bonds is 3. The molecule has 1 saturated carbocycles. The van der Waals surface area contributed by atoms with Crippen molar-refractivity contribution in [3.8, 4) is 0 Å². The van der Waals surface area contributed by atoms with E-state index in [-0.39, 0.29) is 51.4 Å². The average Bonchev–Trinajstić information content (AvgIpc) is 2.69. The third-order valence-corrected chi connectivity index (χ3v) is 3.71. The maximum absolute atomic E-state index is 12.2. The fourth-order valence-electron chi connectivity index (χ4n) is 2.87. The van der Waals surface area contributed by atoms with E-state index in [0.717, 1.165) is 13.1 Å². The predicted molar refractivity (Wildman–Crippen MR) is 59.3 cm³/mol. The molecule has 1 saturated heterocycles. The van der Waals surface area contributed by atoms with E-state index < -0.39 is 13.4 Å². The van der Waals surface area contributed by atoms with Gasteiger partial charge in [-0.25, -0.2) is 0 Å². The molecular formula is C10H19BF3KN2. The molecule has 0 spiro atoms. The molecule has 0 aromatic heterocycles. The van der Waals surface area contributed by atoms with E-state index in [1.54, 1.807) is 4.90 Å². The predicted octanol–water partition coefficient (Wildman–Crippen LogP) is -1.06. The molecule has 1 heterocycles. The molecule has 0 N–H and O–H groups in total. The number of hydrogen-bond donors (Lipinski definition) is 0. The fraction of sp³-hybridized carbons (Fsp3) is 1.00. The number of nitrogens with zero attached hydrogens (tertiary/aromatic N) is 2. The van der Waals surface area contributed by atoms with Gasteiger partial charge in [-0.2, -0.15) is 0 Å². The topological polar surface area (TPSA) is 6.48 Å². The van der Waals surface area contributed by atoms with Crippen LogP contribution in [0.5, 0.6) is 0 Å². The van der Waals surface area contributed by atoms with Crippen molar-refractivity contribution < 1.29 is 64.3 Å². The third-order valence-electron chi connectivity index (χ3n) is 3.71. The minimum Gasteiger partial charge on any atom is -0.448 e. The van der Waals surface area contributed by atoms with E-state index in [9.17, 15) is 12.9 Å². The molecule has 0 bridgehead atoms. The van der Waals surface area contributed by atoms with Gasteiger partial charge in [0.25, 0.3) is 0 Å². The fourth-order valence-corrected chi connectivity index (χ4v) is 2.87. The molecule has 94 valence electrons. The normalized spacial score (nSPS) is 24.9. The Morgan fingerprint density at radius 2 is 1.47 bits per heavy atom. The Hall–Kier alpha value is 1.41. The van der Waals surface area contributed by atoms with Crippen LogP contribution in [0.1, 0.15) is 25.7 Å². The Morgan fingerprint density at radius 3 is 1.94 bits per heavy atom. The summed E-state index contributed by atoms with van der Waals surface area (Å²) in [4.78, 5) is 3.93. The van der Waals surface area contributed by atoms with Crippen LogP contribution in [-0.4, -0.2) is 55.4 Å². The molecule has 2 nitrogen and oxygen atoms in total. The van der Waals surface area contributed by atoms with Crippen LogP contribution in [0, 0.1) is 0 Å². The summed E-state index contributed by atoms with van der Waals surface area (Å²) in [5.41, 5.74) is 0. The SMILES string of the molecule is F[B-](F)(F)CN1CCN(C2CCCC2)CC1.[K+]. The molecule has 0 aromatic rings. The molecule has 2 aliphatic rings. The van der Waals surface area contributed by atoms with Gasteiger partial charge >= 0.3 is 58.4 Å². The summed E-state index contributed by atoms with van der Waals surface area (Å²) in [5.74, 6) is 0. The van der Waals surface area contributed by atoms with Crippen molar-refractivity contribution in [1.82, 2.24) is 9.80 Å². The number of piperazine rings is 1. The summed E-state index contributed by atoms with van der Waals surface area (Å²) in [5, 5.41) is 0. The zero-order valence-corrected chi connectivity index (χ0v) is 13.7. The first-order valence-electron chi connectivity index (χ1n) is 6.22. The van der Waals surface area contributed by atoms with E-state index in [0.29, 0.717) is 19.1 Å². The molecule has 1 aliphatic carbocycles. The second-order valence-electron chi connectivity index (χ2n) is 4.99. The van der Waals surface area contributed by atoms with Crippen LogP contribution in [0.4, 0.5) is 12.9 Å². The molecule has 2 rings (SSSR count). The monoisotopic (exact) mass is 274 g/mol. The van der Waals surface area contributed by atoms with Crippen molar-refractivity contribution in [3.63, 3.8) is 0 Å². The molecule has 1 aliphatic heterocycles. The van der Waals surface area contributed by atoms with Gasteiger partial charge in [0.1, 0.15) is 0 Å². The molecular weight excluding hydrogens is 255 g/mol.